The molecule has 3 atom stereocenters. The summed E-state index contributed by atoms with van der Waals surface area (Å²) in [5.74, 6) is -3.31. The van der Waals surface area contributed by atoms with Crippen molar-refractivity contribution in [3.05, 3.63) is 34.9 Å². The third-order valence-electron chi connectivity index (χ3n) is 4.09. The predicted octanol–water partition coefficient (Wildman–Crippen LogP) is 2.45. The fourth-order valence-electron chi connectivity index (χ4n) is 2.88. The van der Waals surface area contributed by atoms with Gasteiger partial charge in [0, 0.05) is 5.92 Å². The Kier molecular flexibility index (Phi) is 4.37. The highest BCUT2D eigenvalue weighted by Gasteiger charge is 2.44. The molecule has 0 bridgehead atoms. The topological polar surface area (TPSA) is 94.8 Å². The zero-order valence-corrected chi connectivity index (χ0v) is 12.8. The maximum atomic E-state index is 12.6. The summed E-state index contributed by atoms with van der Waals surface area (Å²) < 4.78 is 0. The van der Waals surface area contributed by atoms with Gasteiger partial charge in [-0.2, -0.15) is 0 Å². The van der Waals surface area contributed by atoms with Gasteiger partial charge in [-0.3, -0.25) is 9.59 Å². The zero-order chi connectivity index (χ0) is 16.6. The number of aliphatic hydroxyl groups is 1. The number of carbonyl (C=O) groups is 2. The molecular weight excluding hydrogens is 284 g/mol. The summed E-state index contributed by atoms with van der Waals surface area (Å²) in [7, 11) is 0. The Morgan fingerprint density at radius 3 is 2.14 bits per heavy atom. The number of aliphatic hydroxyl groups excluding tert-OH is 1. The number of allylic oxidation sites excluding steroid dienone is 1. The van der Waals surface area contributed by atoms with Gasteiger partial charge in [0.25, 0.3) is 0 Å². The maximum absolute atomic E-state index is 12.6. The minimum atomic E-state index is -1.02. The molecule has 1 aromatic rings. The SMILES string of the molecule is CC(C)=CCC(O)C1C(=O)c2c(O)ccc(O)c2C(=O)C1C. The average Bonchev–Trinajstić information content (AvgIpc) is 2.45. The number of Topliss-reactive ketones (excluding diaryl/α,β-unsaturated/α-hetero) is 2. The summed E-state index contributed by atoms with van der Waals surface area (Å²) in [4.78, 5) is 25.1. The molecule has 1 aromatic carbocycles. The fraction of sp³-hybridized carbons (Fsp3) is 0.412. The summed E-state index contributed by atoms with van der Waals surface area (Å²) in [5.41, 5.74) is 0.662. The number of phenols is 2. The van der Waals surface area contributed by atoms with E-state index in [-0.39, 0.29) is 29.0 Å². The first kappa shape index (κ1) is 16.2. The van der Waals surface area contributed by atoms with E-state index < -0.39 is 29.5 Å². The van der Waals surface area contributed by atoms with Crippen LogP contribution in [0, 0.1) is 11.8 Å². The van der Waals surface area contributed by atoms with E-state index in [2.05, 4.69) is 0 Å². The second-order valence-corrected chi connectivity index (χ2v) is 5.98. The Morgan fingerprint density at radius 2 is 1.64 bits per heavy atom. The summed E-state index contributed by atoms with van der Waals surface area (Å²) in [6.45, 7) is 5.31. The third-order valence-corrected chi connectivity index (χ3v) is 4.09. The molecule has 2 rings (SSSR count). The molecule has 5 heteroatoms. The van der Waals surface area contributed by atoms with E-state index in [0.717, 1.165) is 5.57 Å². The molecule has 3 N–H and O–H groups in total. The summed E-state index contributed by atoms with van der Waals surface area (Å²) >= 11 is 0. The number of hydrogen-bond donors (Lipinski definition) is 3. The quantitative estimate of drug-likeness (QED) is 0.589. The van der Waals surface area contributed by atoms with Gasteiger partial charge in [-0.25, -0.2) is 0 Å². The van der Waals surface area contributed by atoms with Crippen molar-refractivity contribution in [1.82, 2.24) is 0 Å². The van der Waals surface area contributed by atoms with Crippen LogP contribution in [-0.4, -0.2) is 33.0 Å². The summed E-state index contributed by atoms with van der Waals surface area (Å²) in [5, 5.41) is 30.0. The average molecular weight is 304 g/mol. The molecule has 1 aliphatic rings. The lowest BCUT2D eigenvalue weighted by Crippen LogP contribution is -2.41. The van der Waals surface area contributed by atoms with E-state index in [1.165, 1.54) is 12.1 Å². The Bertz CT molecular complexity index is 655. The number of benzene rings is 1. The maximum Gasteiger partial charge on any atom is 0.173 e. The smallest absolute Gasteiger partial charge is 0.173 e. The van der Waals surface area contributed by atoms with Crippen molar-refractivity contribution in [2.45, 2.75) is 33.3 Å². The molecule has 0 aromatic heterocycles. The minimum absolute atomic E-state index is 0.150. The molecule has 3 unspecified atom stereocenters. The van der Waals surface area contributed by atoms with Crippen molar-refractivity contribution in [1.29, 1.82) is 0 Å². The Labute approximate surface area is 128 Å². The molecule has 0 heterocycles. The van der Waals surface area contributed by atoms with Crippen LogP contribution in [-0.2, 0) is 0 Å². The zero-order valence-electron chi connectivity index (χ0n) is 12.8. The molecule has 0 amide bonds. The van der Waals surface area contributed by atoms with Crippen LogP contribution >= 0.6 is 0 Å². The standard InChI is InChI=1S/C17H20O5/c1-8(2)4-5-10(18)13-9(3)16(21)14-11(19)6-7-12(20)15(14)17(13)22/h4,6-7,9-10,13,18-20H,5H2,1-3H3. The molecule has 0 saturated carbocycles. The first-order valence-electron chi connectivity index (χ1n) is 7.20. The second-order valence-electron chi connectivity index (χ2n) is 5.98. The van der Waals surface area contributed by atoms with Crippen LogP contribution in [0.3, 0.4) is 0 Å². The summed E-state index contributed by atoms with van der Waals surface area (Å²) in [6.07, 6.45) is 1.04. The molecule has 0 spiro atoms. The van der Waals surface area contributed by atoms with Crippen LogP contribution in [0.25, 0.3) is 0 Å². The predicted molar refractivity (Wildman–Crippen MR) is 81.1 cm³/mol. The third kappa shape index (κ3) is 2.64. The first-order chi connectivity index (χ1) is 10.3. The van der Waals surface area contributed by atoms with E-state index in [9.17, 15) is 24.9 Å². The number of phenolic OH excluding ortho intramolecular Hbond substituents is 2. The number of fused-ring (bicyclic) bond motifs is 1. The van der Waals surface area contributed by atoms with Crippen LogP contribution in [0.4, 0.5) is 0 Å². The van der Waals surface area contributed by atoms with Crippen LogP contribution in [0.15, 0.2) is 23.8 Å². The fourth-order valence-corrected chi connectivity index (χ4v) is 2.88. The highest BCUT2D eigenvalue weighted by molar-refractivity contribution is 6.18. The molecule has 0 aliphatic heterocycles. The highest BCUT2D eigenvalue weighted by atomic mass is 16.3. The van der Waals surface area contributed by atoms with E-state index in [4.69, 9.17) is 0 Å². The Morgan fingerprint density at radius 1 is 1.14 bits per heavy atom. The van der Waals surface area contributed by atoms with Crippen molar-refractivity contribution in [2.75, 3.05) is 0 Å². The molecule has 118 valence electrons. The lowest BCUT2D eigenvalue weighted by atomic mass is 9.71. The molecular formula is C17H20O5. The molecule has 0 saturated heterocycles. The highest BCUT2D eigenvalue weighted by Crippen LogP contribution is 2.40. The molecule has 1 aliphatic carbocycles. The van der Waals surface area contributed by atoms with Crippen LogP contribution in [0.2, 0.25) is 0 Å². The van der Waals surface area contributed by atoms with Gasteiger partial charge in [-0.05, 0) is 32.4 Å². The van der Waals surface area contributed by atoms with Crippen LogP contribution in [0.5, 0.6) is 11.5 Å². The number of aromatic hydroxyl groups is 2. The van der Waals surface area contributed by atoms with E-state index in [0.29, 0.717) is 0 Å². The van der Waals surface area contributed by atoms with E-state index in [1.54, 1.807) is 13.0 Å². The minimum Gasteiger partial charge on any atom is -0.507 e. The van der Waals surface area contributed by atoms with Gasteiger partial charge >= 0.3 is 0 Å². The Hall–Kier alpha value is -2.14. The number of hydrogen-bond acceptors (Lipinski definition) is 5. The lowest BCUT2D eigenvalue weighted by molar-refractivity contribution is 0.0466. The van der Waals surface area contributed by atoms with Gasteiger partial charge in [0.05, 0.1) is 23.1 Å². The normalized spacial score (nSPS) is 22.2. The van der Waals surface area contributed by atoms with Gasteiger partial charge in [0.1, 0.15) is 11.5 Å². The van der Waals surface area contributed by atoms with Gasteiger partial charge < -0.3 is 15.3 Å². The number of ketones is 2. The first-order valence-corrected chi connectivity index (χ1v) is 7.20. The van der Waals surface area contributed by atoms with Gasteiger partial charge in [-0.1, -0.05) is 18.6 Å². The molecule has 0 fully saturated rings. The van der Waals surface area contributed by atoms with E-state index in [1.807, 2.05) is 13.8 Å². The van der Waals surface area contributed by atoms with Crippen molar-refractivity contribution in [3.8, 4) is 11.5 Å². The van der Waals surface area contributed by atoms with Crippen molar-refractivity contribution in [2.24, 2.45) is 11.8 Å². The van der Waals surface area contributed by atoms with Crippen LogP contribution in [0.1, 0.15) is 47.9 Å². The second kappa shape index (κ2) is 5.93. The van der Waals surface area contributed by atoms with Gasteiger partial charge in [-0.15, -0.1) is 0 Å². The largest absolute Gasteiger partial charge is 0.507 e. The molecule has 0 radical (unpaired) electrons. The van der Waals surface area contributed by atoms with Crippen molar-refractivity contribution in [3.63, 3.8) is 0 Å². The van der Waals surface area contributed by atoms with Gasteiger partial charge in [0.15, 0.2) is 11.6 Å². The monoisotopic (exact) mass is 304 g/mol. The lowest BCUT2D eigenvalue weighted by Gasteiger charge is -2.31. The van der Waals surface area contributed by atoms with Crippen LogP contribution < -0.4 is 0 Å². The number of rotatable bonds is 3. The van der Waals surface area contributed by atoms with Crippen molar-refractivity contribution >= 4 is 11.6 Å². The Balaban J connectivity index is 2.48. The van der Waals surface area contributed by atoms with Gasteiger partial charge in [0.2, 0.25) is 0 Å². The van der Waals surface area contributed by atoms with Crippen molar-refractivity contribution < 1.29 is 24.9 Å². The summed E-state index contributed by atoms with van der Waals surface area (Å²) in [6, 6.07) is 2.36. The number of carbonyl (C=O) groups excluding carboxylic acids is 2. The van der Waals surface area contributed by atoms with E-state index >= 15 is 0 Å². The molecule has 5 nitrogen and oxygen atoms in total. The molecule has 22 heavy (non-hydrogen) atoms.